The summed E-state index contributed by atoms with van der Waals surface area (Å²) in [7, 11) is 0. The Balaban J connectivity index is 1.50. The van der Waals surface area contributed by atoms with Crippen LogP contribution < -0.4 is 5.32 Å². The molecule has 1 amide bonds. The summed E-state index contributed by atoms with van der Waals surface area (Å²) in [6, 6.07) is 4.10. The van der Waals surface area contributed by atoms with Crippen molar-refractivity contribution in [3.05, 3.63) is 30.1 Å². The first kappa shape index (κ1) is 13.3. The molecule has 4 heteroatoms. The predicted molar refractivity (Wildman–Crippen MR) is 80.9 cm³/mol. The lowest BCUT2D eigenvalue weighted by molar-refractivity contribution is -0.120. The number of hydrogen-bond donors (Lipinski definition) is 1. The average molecular weight is 285 g/mol. The molecule has 3 aliphatic rings. The minimum absolute atomic E-state index is 0.0276. The molecule has 1 N–H and O–H groups in total. The number of amides is 1. The van der Waals surface area contributed by atoms with Crippen molar-refractivity contribution in [1.82, 2.24) is 15.2 Å². The zero-order valence-corrected chi connectivity index (χ0v) is 12.4. The molecule has 1 saturated carbocycles. The Bertz CT molecular complexity index is 518. The van der Waals surface area contributed by atoms with Gasteiger partial charge in [-0.1, -0.05) is 6.07 Å². The quantitative estimate of drug-likeness (QED) is 0.923. The number of hydrogen-bond acceptors (Lipinski definition) is 3. The van der Waals surface area contributed by atoms with Gasteiger partial charge in [0.25, 0.3) is 0 Å². The van der Waals surface area contributed by atoms with E-state index in [1.807, 2.05) is 12.3 Å². The molecule has 2 aliphatic heterocycles. The molecule has 3 fully saturated rings. The van der Waals surface area contributed by atoms with E-state index in [-0.39, 0.29) is 11.4 Å². The van der Waals surface area contributed by atoms with Crippen LogP contribution in [0.5, 0.6) is 0 Å². The van der Waals surface area contributed by atoms with E-state index >= 15 is 0 Å². The SMILES string of the molecule is O=C1CC(c2cccnc2)C2(CCN(CC3CC3)CC2)N1. The second-order valence-corrected chi connectivity index (χ2v) is 6.99. The van der Waals surface area contributed by atoms with Gasteiger partial charge in [-0.2, -0.15) is 0 Å². The number of nitrogens with one attached hydrogen (secondary N) is 1. The maximum Gasteiger partial charge on any atom is 0.221 e. The van der Waals surface area contributed by atoms with Crippen LogP contribution in [0.4, 0.5) is 0 Å². The summed E-state index contributed by atoms with van der Waals surface area (Å²) < 4.78 is 0. The third kappa shape index (κ3) is 2.57. The Hall–Kier alpha value is -1.42. The van der Waals surface area contributed by atoms with Crippen LogP contribution in [0.3, 0.4) is 0 Å². The Morgan fingerprint density at radius 2 is 2.14 bits per heavy atom. The fraction of sp³-hybridized carbons (Fsp3) is 0.647. The minimum Gasteiger partial charge on any atom is -0.350 e. The normalized spacial score (nSPS) is 28.8. The highest BCUT2D eigenvalue weighted by atomic mass is 16.2. The lowest BCUT2D eigenvalue weighted by Gasteiger charge is -2.43. The largest absolute Gasteiger partial charge is 0.350 e. The summed E-state index contributed by atoms with van der Waals surface area (Å²) in [6.45, 7) is 3.50. The number of aromatic nitrogens is 1. The maximum atomic E-state index is 12.0. The van der Waals surface area contributed by atoms with E-state index in [9.17, 15) is 4.79 Å². The Labute approximate surface area is 125 Å². The monoisotopic (exact) mass is 285 g/mol. The maximum absolute atomic E-state index is 12.0. The van der Waals surface area contributed by atoms with Crippen molar-refractivity contribution >= 4 is 5.91 Å². The Morgan fingerprint density at radius 3 is 2.81 bits per heavy atom. The first-order valence-electron chi connectivity index (χ1n) is 8.18. The van der Waals surface area contributed by atoms with Crippen LogP contribution in [0.15, 0.2) is 24.5 Å². The smallest absolute Gasteiger partial charge is 0.221 e. The molecule has 1 aromatic heterocycles. The van der Waals surface area contributed by atoms with Gasteiger partial charge >= 0.3 is 0 Å². The van der Waals surface area contributed by atoms with Gasteiger partial charge < -0.3 is 10.2 Å². The first-order valence-corrected chi connectivity index (χ1v) is 8.18. The number of likely N-dealkylation sites (tertiary alicyclic amines) is 1. The van der Waals surface area contributed by atoms with Crippen LogP contribution in [-0.2, 0) is 4.79 Å². The van der Waals surface area contributed by atoms with Gasteiger partial charge in [0.2, 0.25) is 5.91 Å². The molecule has 1 spiro atoms. The molecule has 1 aromatic rings. The third-order valence-corrected chi connectivity index (χ3v) is 5.49. The van der Waals surface area contributed by atoms with E-state index in [0.717, 1.165) is 31.8 Å². The van der Waals surface area contributed by atoms with Gasteiger partial charge in [-0.3, -0.25) is 9.78 Å². The van der Waals surface area contributed by atoms with Gasteiger partial charge in [-0.05, 0) is 43.2 Å². The Morgan fingerprint density at radius 1 is 1.33 bits per heavy atom. The first-order chi connectivity index (χ1) is 10.3. The highest BCUT2D eigenvalue weighted by molar-refractivity contribution is 5.81. The van der Waals surface area contributed by atoms with E-state index in [4.69, 9.17) is 0 Å². The van der Waals surface area contributed by atoms with Crippen LogP contribution in [-0.4, -0.2) is 41.0 Å². The summed E-state index contributed by atoms with van der Waals surface area (Å²) in [4.78, 5) is 18.9. The summed E-state index contributed by atoms with van der Waals surface area (Å²) in [5.74, 6) is 1.45. The van der Waals surface area contributed by atoms with Gasteiger partial charge in [0, 0.05) is 49.9 Å². The predicted octanol–water partition coefficient (Wildman–Crippen LogP) is 1.93. The lowest BCUT2D eigenvalue weighted by Crippen LogP contribution is -2.53. The van der Waals surface area contributed by atoms with Crippen LogP contribution in [0, 0.1) is 5.92 Å². The van der Waals surface area contributed by atoms with Gasteiger partial charge in [-0.25, -0.2) is 0 Å². The fourth-order valence-corrected chi connectivity index (χ4v) is 4.09. The lowest BCUT2D eigenvalue weighted by atomic mass is 9.74. The van der Waals surface area contributed by atoms with Crippen molar-refractivity contribution in [2.75, 3.05) is 19.6 Å². The molecule has 112 valence electrons. The molecule has 4 nitrogen and oxygen atoms in total. The number of carbonyl (C=O) groups is 1. The number of nitrogens with zero attached hydrogens (tertiary/aromatic N) is 2. The van der Waals surface area contributed by atoms with Crippen molar-refractivity contribution in [1.29, 1.82) is 0 Å². The van der Waals surface area contributed by atoms with E-state index in [1.165, 1.54) is 24.9 Å². The minimum atomic E-state index is -0.0276. The second kappa shape index (κ2) is 5.09. The van der Waals surface area contributed by atoms with Gasteiger partial charge in [0.15, 0.2) is 0 Å². The van der Waals surface area contributed by atoms with E-state index < -0.39 is 0 Å². The molecule has 0 bridgehead atoms. The molecule has 1 aliphatic carbocycles. The molecule has 1 atom stereocenters. The van der Waals surface area contributed by atoms with E-state index in [1.54, 1.807) is 6.20 Å². The summed E-state index contributed by atoms with van der Waals surface area (Å²) in [6.07, 6.45) is 9.33. The number of pyridine rings is 1. The third-order valence-electron chi connectivity index (χ3n) is 5.49. The van der Waals surface area contributed by atoms with Crippen LogP contribution in [0.2, 0.25) is 0 Å². The average Bonchev–Trinajstić information content (AvgIpc) is 3.26. The summed E-state index contributed by atoms with van der Waals surface area (Å²) >= 11 is 0. The van der Waals surface area contributed by atoms with Crippen molar-refractivity contribution < 1.29 is 4.79 Å². The second-order valence-electron chi connectivity index (χ2n) is 6.99. The van der Waals surface area contributed by atoms with Crippen molar-refractivity contribution in [3.63, 3.8) is 0 Å². The topological polar surface area (TPSA) is 45.2 Å². The molecule has 0 aromatic carbocycles. The molecule has 21 heavy (non-hydrogen) atoms. The van der Waals surface area contributed by atoms with E-state index in [0.29, 0.717) is 12.3 Å². The van der Waals surface area contributed by atoms with E-state index in [2.05, 4.69) is 21.3 Å². The fourth-order valence-electron chi connectivity index (χ4n) is 4.09. The number of carbonyl (C=O) groups excluding carboxylic acids is 1. The van der Waals surface area contributed by atoms with Gasteiger partial charge in [-0.15, -0.1) is 0 Å². The molecular weight excluding hydrogens is 262 g/mol. The molecule has 0 radical (unpaired) electrons. The van der Waals surface area contributed by atoms with Crippen LogP contribution in [0.1, 0.15) is 43.6 Å². The van der Waals surface area contributed by atoms with Gasteiger partial charge in [0.1, 0.15) is 0 Å². The van der Waals surface area contributed by atoms with Gasteiger partial charge in [0.05, 0.1) is 0 Å². The molecule has 3 heterocycles. The van der Waals surface area contributed by atoms with Crippen molar-refractivity contribution in [2.24, 2.45) is 5.92 Å². The summed E-state index contributed by atoms with van der Waals surface area (Å²) in [5.41, 5.74) is 1.19. The number of piperidine rings is 1. The zero-order chi connectivity index (χ0) is 14.3. The zero-order valence-electron chi connectivity index (χ0n) is 12.4. The van der Waals surface area contributed by atoms with Crippen LogP contribution in [0.25, 0.3) is 0 Å². The molecule has 4 rings (SSSR count). The van der Waals surface area contributed by atoms with Crippen LogP contribution >= 0.6 is 0 Å². The number of rotatable bonds is 3. The highest BCUT2D eigenvalue weighted by Gasteiger charge is 2.48. The van der Waals surface area contributed by atoms with Crippen molar-refractivity contribution in [3.8, 4) is 0 Å². The molecule has 1 unspecified atom stereocenters. The summed E-state index contributed by atoms with van der Waals surface area (Å²) in [5, 5.41) is 3.31. The molecular formula is C17H23N3O. The van der Waals surface area contributed by atoms with Crippen molar-refractivity contribution in [2.45, 2.75) is 43.6 Å². The standard InChI is InChI=1S/C17H23N3O/c21-16-10-15(14-2-1-7-18-11-14)17(19-16)5-8-20(9-6-17)12-13-3-4-13/h1-2,7,11,13,15H,3-6,8-10,12H2,(H,19,21). The molecule has 2 saturated heterocycles. The Kier molecular flexibility index (Phi) is 3.21. The highest BCUT2D eigenvalue weighted by Crippen LogP contribution is 2.43.